The van der Waals surface area contributed by atoms with Crippen LogP contribution in [-0.4, -0.2) is 39.3 Å². The minimum atomic E-state index is -0.126. The summed E-state index contributed by atoms with van der Waals surface area (Å²) >= 11 is 6.09. The van der Waals surface area contributed by atoms with E-state index in [1.807, 2.05) is 6.92 Å². The summed E-state index contributed by atoms with van der Waals surface area (Å²) in [5.41, 5.74) is 0.650. The molecule has 112 valence electrons. The minimum absolute atomic E-state index is 0.126. The summed E-state index contributed by atoms with van der Waals surface area (Å²) < 4.78 is 10.3. The molecule has 6 heteroatoms. The number of methoxy groups -OCH3 is 1. The van der Waals surface area contributed by atoms with Crippen LogP contribution in [0.2, 0.25) is 5.02 Å². The number of carbonyl (C=O) groups excluding carboxylic acids is 1. The second-order valence-electron chi connectivity index (χ2n) is 4.21. The average molecular weight is 301 g/mol. The number of benzene rings is 1. The highest BCUT2D eigenvalue weighted by atomic mass is 35.5. The van der Waals surface area contributed by atoms with Gasteiger partial charge in [-0.2, -0.15) is 0 Å². The van der Waals surface area contributed by atoms with Crippen LogP contribution in [-0.2, 0) is 9.53 Å². The molecule has 1 rings (SSSR count). The SMILES string of the molecule is CCCOc1ccc(NC(=O)CNCCOC)cc1Cl. The van der Waals surface area contributed by atoms with Gasteiger partial charge in [-0.25, -0.2) is 0 Å². The molecule has 0 heterocycles. The van der Waals surface area contributed by atoms with Gasteiger partial charge in [-0.3, -0.25) is 4.79 Å². The lowest BCUT2D eigenvalue weighted by molar-refractivity contribution is -0.115. The van der Waals surface area contributed by atoms with Gasteiger partial charge in [-0.05, 0) is 24.6 Å². The smallest absolute Gasteiger partial charge is 0.238 e. The molecule has 20 heavy (non-hydrogen) atoms. The first-order chi connectivity index (χ1) is 9.67. The maximum atomic E-state index is 11.7. The zero-order valence-electron chi connectivity index (χ0n) is 11.9. The zero-order valence-corrected chi connectivity index (χ0v) is 12.6. The second kappa shape index (κ2) is 9.58. The molecule has 0 saturated carbocycles. The molecule has 1 aromatic carbocycles. The van der Waals surface area contributed by atoms with Gasteiger partial charge in [-0.1, -0.05) is 18.5 Å². The molecule has 0 spiro atoms. The highest BCUT2D eigenvalue weighted by Crippen LogP contribution is 2.27. The summed E-state index contributed by atoms with van der Waals surface area (Å²) in [5, 5.41) is 6.22. The molecule has 0 aliphatic carbocycles. The van der Waals surface area contributed by atoms with Gasteiger partial charge in [0, 0.05) is 19.3 Å². The minimum Gasteiger partial charge on any atom is -0.492 e. The van der Waals surface area contributed by atoms with Crippen LogP contribution in [0.1, 0.15) is 13.3 Å². The van der Waals surface area contributed by atoms with Crippen LogP contribution in [0.4, 0.5) is 5.69 Å². The van der Waals surface area contributed by atoms with Crippen molar-refractivity contribution in [3.63, 3.8) is 0 Å². The fourth-order valence-electron chi connectivity index (χ4n) is 1.49. The Morgan fingerprint density at radius 1 is 1.35 bits per heavy atom. The molecular formula is C14H21ClN2O3. The Morgan fingerprint density at radius 3 is 2.80 bits per heavy atom. The number of anilines is 1. The summed E-state index contributed by atoms with van der Waals surface area (Å²) in [6, 6.07) is 5.20. The van der Waals surface area contributed by atoms with E-state index >= 15 is 0 Å². The van der Waals surface area contributed by atoms with Crippen molar-refractivity contribution in [2.75, 3.05) is 38.7 Å². The Balaban J connectivity index is 2.43. The predicted octanol–water partition coefficient (Wildman–Crippen LogP) is 2.30. The van der Waals surface area contributed by atoms with Crippen molar-refractivity contribution in [3.05, 3.63) is 23.2 Å². The van der Waals surface area contributed by atoms with Crippen molar-refractivity contribution in [1.82, 2.24) is 5.32 Å². The van der Waals surface area contributed by atoms with E-state index in [4.69, 9.17) is 21.1 Å². The maximum absolute atomic E-state index is 11.7. The van der Waals surface area contributed by atoms with Crippen LogP contribution >= 0.6 is 11.6 Å². The van der Waals surface area contributed by atoms with Gasteiger partial charge < -0.3 is 20.1 Å². The Hall–Kier alpha value is -1.30. The largest absolute Gasteiger partial charge is 0.492 e. The van der Waals surface area contributed by atoms with E-state index in [-0.39, 0.29) is 12.5 Å². The number of carbonyl (C=O) groups is 1. The highest BCUT2D eigenvalue weighted by molar-refractivity contribution is 6.32. The van der Waals surface area contributed by atoms with Gasteiger partial charge in [0.05, 0.1) is 24.8 Å². The molecule has 0 bridgehead atoms. The lowest BCUT2D eigenvalue weighted by Gasteiger charge is -2.10. The third kappa shape index (κ3) is 6.23. The molecule has 2 N–H and O–H groups in total. The van der Waals surface area contributed by atoms with Crippen molar-refractivity contribution < 1.29 is 14.3 Å². The van der Waals surface area contributed by atoms with Crippen LogP contribution < -0.4 is 15.4 Å². The van der Waals surface area contributed by atoms with Gasteiger partial charge in [0.25, 0.3) is 0 Å². The topological polar surface area (TPSA) is 59.6 Å². The molecule has 0 aliphatic heterocycles. The van der Waals surface area contributed by atoms with Crippen LogP contribution in [0.15, 0.2) is 18.2 Å². The molecule has 0 atom stereocenters. The van der Waals surface area contributed by atoms with E-state index in [1.165, 1.54) is 0 Å². The summed E-state index contributed by atoms with van der Waals surface area (Å²) in [6.07, 6.45) is 0.919. The monoisotopic (exact) mass is 300 g/mol. The first-order valence-electron chi connectivity index (χ1n) is 6.59. The number of hydrogen-bond donors (Lipinski definition) is 2. The molecule has 0 radical (unpaired) electrons. The van der Waals surface area contributed by atoms with Gasteiger partial charge in [0.15, 0.2) is 0 Å². The van der Waals surface area contributed by atoms with E-state index in [0.717, 1.165) is 6.42 Å². The number of hydrogen-bond acceptors (Lipinski definition) is 4. The number of rotatable bonds is 9. The van der Waals surface area contributed by atoms with E-state index in [1.54, 1.807) is 25.3 Å². The van der Waals surface area contributed by atoms with Crippen molar-refractivity contribution in [3.8, 4) is 5.75 Å². The van der Waals surface area contributed by atoms with Gasteiger partial charge in [0.1, 0.15) is 5.75 Å². The molecule has 0 unspecified atom stereocenters. The zero-order chi connectivity index (χ0) is 14.8. The molecule has 0 aromatic heterocycles. The average Bonchev–Trinajstić information content (AvgIpc) is 2.43. The fraction of sp³-hybridized carbons (Fsp3) is 0.500. The Labute approximate surface area is 124 Å². The lowest BCUT2D eigenvalue weighted by Crippen LogP contribution is -2.30. The lowest BCUT2D eigenvalue weighted by atomic mass is 10.3. The number of halogens is 1. The second-order valence-corrected chi connectivity index (χ2v) is 4.62. The number of amides is 1. The van der Waals surface area contributed by atoms with Crippen LogP contribution in [0.3, 0.4) is 0 Å². The van der Waals surface area contributed by atoms with Crippen molar-refractivity contribution >= 4 is 23.2 Å². The standard InChI is InChI=1S/C14H21ClN2O3/c1-3-7-20-13-5-4-11(9-12(13)15)17-14(18)10-16-6-8-19-2/h4-5,9,16H,3,6-8,10H2,1-2H3,(H,17,18). The van der Waals surface area contributed by atoms with Gasteiger partial charge in [-0.15, -0.1) is 0 Å². The number of nitrogens with one attached hydrogen (secondary N) is 2. The quantitative estimate of drug-likeness (QED) is 0.687. The fourth-order valence-corrected chi connectivity index (χ4v) is 1.72. The summed E-state index contributed by atoms with van der Waals surface area (Å²) in [6.45, 7) is 4.08. The van der Waals surface area contributed by atoms with Crippen molar-refractivity contribution in [2.24, 2.45) is 0 Å². The summed E-state index contributed by atoms with van der Waals surface area (Å²) in [7, 11) is 1.62. The Morgan fingerprint density at radius 2 is 2.15 bits per heavy atom. The molecule has 0 aliphatic rings. The Bertz CT molecular complexity index is 427. The van der Waals surface area contributed by atoms with Crippen molar-refractivity contribution in [2.45, 2.75) is 13.3 Å². The molecule has 5 nitrogen and oxygen atoms in total. The summed E-state index contributed by atoms with van der Waals surface area (Å²) in [5.74, 6) is 0.504. The van der Waals surface area contributed by atoms with E-state index in [9.17, 15) is 4.79 Å². The molecule has 0 fully saturated rings. The van der Waals surface area contributed by atoms with Gasteiger partial charge >= 0.3 is 0 Å². The molecular weight excluding hydrogens is 280 g/mol. The van der Waals surface area contributed by atoms with Crippen LogP contribution in [0.5, 0.6) is 5.75 Å². The molecule has 0 saturated heterocycles. The van der Waals surface area contributed by atoms with E-state index in [0.29, 0.717) is 36.2 Å². The highest BCUT2D eigenvalue weighted by Gasteiger charge is 2.06. The third-order valence-corrected chi connectivity index (χ3v) is 2.74. The maximum Gasteiger partial charge on any atom is 0.238 e. The number of ether oxygens (including phenoxy) is 2. The van der Waals surface area contributed by atoms with Crippen LogP contribution in [0, 0.1) is 0 Å². The first-order valence-corrected chi connectivity index (χ1v) is 6.97. The summed E-state index contributed by atoms with van der Waals surface area (Å²) in [4.78, 5) is 11.7. The normalized spacial score (nSPS) is 10.3. The van der Waals surface area contributed by atoms with Gasteiger partial charge in [0.2, 0.25) is 5.91 Å². The first kappa shape index (κ1) is 16.8. The Kier molecular flexibility index (Phi) is 8.02. The van der Waals surface area contributed by atoms with E-state index in [2.05, 4.69) is 10.6 Å². The predicted molar refractivity (Wildman–Crippen MR) is 80.6 cm³/mol. The van der Waals surface area contributed by atoms with Crippen LogP contribution in [0.25, 0.3) is 0 Å². The third-order valence-electron chi connectivity index (χ3n) is 2.45. The molecule has 1 amide bonds. The molecule has 1 aromatic rings. The van der Waals surface area contributed by atoms with Crippen molar-refractivity contribution in [1.29, 1.82) is 0 Å². The van der Waals surface area contributed by atoms with E-state index < -0.39 is 0 Å².